The standard InChI is InChI=1S/C15H14N2O4/c1-9-6-10(2)14(18)12(7-9)16-8-11-4-3-5-13(15(11)19)17(20)21/h3-8,18-19H,1-2H3/p-1. The summed E-state index contributed by atoms with van der Waals surface area (Å²) in [6, 6.07) is 7.51. The van der Waals surface area contributed by atoms with Gasteiger partial charge in [-0.3, -0.25) is 15.1 Å². The van der Waals surface area contributed by atoms with Crippen LogP contribution in [0.15, 0.2) is 35.3 Å². The highest BCUT2D eigenvalue weighted by Gasteiger charge is 2.14. The second-order valence-electron chi connectivity index (χ2n) is 4.66. The number of aromatic hydroxyl groups is 1. The zero-order valence-corrected chi connectivity index (χ0v) is 11.5. The average molecular weight is 285 g/mol. The number of phenols is 1. The van der Waals surface area contributed by atoms with Gasteiger partial charge in [-0.15, -0.1) is 0 Å². The van der Waals surface area contributed by atoms with Crippen molar-refractivity contribution in [2.24, 2.45) is 4.99 Å². The molecule has 2 aromatic rings. The van der Waals surface area contributed by atoms with Crippen LogP contribution >= 0.6 is 0 Å². The molecule has 0 saturated carbocycles. The number of aryl methyl sites for hydroxylation is 2. The number of nitro groups is 1. The molecular weight excluding hydrogens is 272 g/mol. The molecule has 0 spiro atoms. The maximum Gasteiger partial charge on any atom is 0.311 e. The van der Waals surface area contributed by atoms with E-state index in [9.17, 15) is 20.3 Å². The highest BCUT2D eigenvalue weighted by atomic mass is 16.6. The van der Waals surface area contributed by atoms with Gasteiger partial charge in [0, 0.05) is 17.8 Å². The van der Waals surface area contributed by atoms with Crippen LogP contribution in [0.2, 0.25) is 0 Å². The van der Waals surface area contributed by atoms with E-state index in [0.717, 1.165) is 5.56 Å². The molecule has 0 heterocycles. The van der Waals surface area contributed by atoms with Gasteiger partial charge in [0.1, 0.15) is 0 Å². The van der Waals surface area contributed by atoms with Crippen molar-refractivity contribution in [2.75, 3.05) is 0 Å². The Balaban J connectivity index is 2.43. The molecule has 108 valence electrons. The fourth-order valence-corrected chi connectivity index (χ4v) is 1.97. The molecule has 0 atom stereocenters. The van der Waals surface area contributed by atoms with Crippen LogP contribution in [0.25, 0.3) is 0 Å². The summed E-state index contributed by atoms with van der Waals surface area (Å²) < 4.78 is 0. The first-order valence-corrected chi connectivity index (χ1v) is 6.19. The smallest absolute Gasteiger partial charge is 0.311 e. The minimum absolute atomic E-state index is 0.183. The molecule has 0 radical (unpaired) electrons. The lowest BCUT2D eigenvalue weighted by Crippen LogP contribution is -1.95. The normalized spacial score (nSPS) is 11.0. The SMILES string of the molecule is Cc1cc(C)c([O-])c(N=Cc2cccc([N+](=O)[O-])c2O)c1. The zero-order valence-electron chi connectivity index (χ0n) is 11.5. The molecule has 1 N–H and O–H groups in total. The van der Waals surface area contributed by atoms with Crippen LogP contribution in [0.5, 0.6) is 11.5 Å². The van der Waals surface area contributed by atoms with Gasteiger partial charge in [0.2, 0.25) is 5.75 Å². The summed E-state index contributed by atoms with van der Waals surface area (Å²) >= 11 is 0. The Morgan fingerprint density at radius 2 is 2.00 bits per heavy atom. The van der Waals surface area contributed by atoms with E-state index in [1.807, 2.05) is 6.92 Å². The number of hydrogen-bond donors (Lipinski definition) is 1. The van der Waals surface area contributed by atoms with Gasteiger partial charge in [-0.25, -0.2) is 0 Å². The first-order chi connectivity index (χ1) is 9.90. The van der Waals surface area contributed by atoms with E-state index in [0.29, 0.717) is 5.56 Å². The van der Waals surface area contributed by atoms with Crippen LogP contribution in [0.4, 0.5) is 11.4 Å². The maximum atomic E-state index is 11.9. The monoisotopic (exact) mass is 285 g/mol. The van der Waals surface area contributed by atoms with Crippen molar-refractivity contribution in [3.05, 3.63) is 57.1 Å². The number of phenolic OH excluding ortho intramolecular Hbond substituents is 1. The lowest BCUT2D eigenvalue weighted by atomic mass is 10.1. The van der Waals surface area contributed by atoms with Crippen molar-refractivity contribution in [3.63, 3.8) is 0 Å². The Morgan fingerprint density at radius 1 is 1.29 bits per heavy atom. The Hall–Kier alpha value is -2.89. The Bertz CT molecular complexity index is 739. The molecule has 21 heavy (non-hydrogen) atoms. The number of para-hydroxylation sites is 1. The number of benzene rings is 2. The molecule has 2 aromatic carbocycles. The highest BCUT2D eigenvalue weighted by molar-refractivity contribution is 5.87. The quantitative estimate of drug-likeness (QED) is 0.532. The molecule has 0 amide bonds. The number of aliphatic imine (C=N–C) groups is 1. The minimum Gasteiger partial charge on any atom is -0.871 e. The molecule has 6 nitrogen and oxygen atoms in total. The fourth-order valence-electron chi connectivity index (χ4n) is 1.97. The van der Waals surface area contributed by atoms with Gasteiger partial charge in [0.15, 0.2) is 0 Å². The van der Waals surface area contributed by atoms with Crippen LogP contribution in [0, 0.1) is 24.0 Å². The Morgan fingerprint density at radius 3 is 2.67 bits per heavy atom. The van der Waals surface area contributed by atoms with Gasteiger partial charge in [0.05, 0.1) is 10.6 Å². The van der Waals surface area contributed by atoms with Crippen LogP contribution in [-0.2, 0) is 0 Å². The molecule has 0 aliphatic carbocycles. The van der Waals surface area contributed by atoms with Crippen molar-refractivity contribution < 1.29 is 15.1 Å². The van der Waals surface area contributed by atoms with Crippen LogP contribution in [0.1, 0.15) is 16.7 Å². The third-order valence-corrected chi connectivity index (χ3v) is 2.98. The van der Waals surface area contributed by atoms with E-state index in [1.165, 1.54) is 24.4 Å². The lowest BCUT2D eigenvalue weighted by molar-refractivity contribution is -0.385. The highest BCUT2D eigenvalue weighted by Crippen LogP contribution is 2.31. The van der Waals surface area contributed by atoms with E-state index in [4.69, 9.17) is 0 Å². The van der Waals surface area contributed by atoms with Gasteiger partial charge < -0.3 is 10.2 Å². The van der Waals surface area contributed by atoms with Gasteiger partial charge in [-0.2, -0.15) is 0 Å². The summed E-state index contributed by atoms with van der Waals surface area (Å²) in [5, 5.41) is 32.5. The van der Waals surface area contributed by atoms with Gasteiger partial charge in [-0.1, -0.05) is 23.4 Å². The third kappa shape index (κ3) is 3.00. The minimum atomic E-state index is -0.678. The van der Waals surface area contributed by atoms with Crippen molar-refractivity contribution >= 4 is 17.6 Å². The van der Waals surface area contributed by atoms with E-state index >= 15 is 0 Å². The van der Waals surface area contributed by atoms with Gasteiger partial charge >= 0.3 is 5.69 Å². The molecule has 0 aliphatic rings. The van der Waals surface area contributed by atoms with Crippen LogP contribution < -0.4 is 5.11 Å². The summed E-state index contributed by atoms with van der Waals surface area (Å²) in [6.45, 7) is 3.54. The first kappa shape index (κ1) is 14.5. The van der Waals surface area contributed by atoms with E-state index in [-0.39, 0.29) is 17.0 Å². The lowest BCUT2D eigenvalue weighted by Gasteiger charge is -2.14. The largest absolute Gasteiger partial charge is 0.871 e. The van der Waals surface area contributed by atoms with Crippen LogP contribution in [0.3, 0.4) is 0 Å². The molecule has 0 unspecified atom stereocenters. The molecule has 0 saturated heterocycles. The van der Waals surface area contributed by atoms with E-state index < -0.39 is 16.4 Å². The molecule has 0 fully saturated rings. The van der Waals surface area contributed by atoms with Gasteiger partial charge in [0.25, 0.3) is 0 Å². The van der Waals surface area contributed by atoms with Crippen molar-refractivity contribution in [1.29, 1.82) is 0 Å². The molecule has 2 rings (SSSR count). The Kier molecular flexibility index (Phi) is 3.89. The topological polar surface area (TPSA) is 98.8 Å². The fraction of sp³-hybridized carbons (Fsp3) is 0.133. The summed E-state index contributed by atoms with van der Waals surface area (Å²) in [4.78, 5) is 14.1. The molecule has 0 aromatic heterocycles. The maximum absolute atomic E-state index is 11.9. The number of rotatable bonds is 3. The third-order valence-electron chi connectivity index (χ3n) is 2.98. The average Bonchev–Trinajstić information content (AvgIpc) is 2.42. The first-order valence-electron chi connectivity index (χ1n) is 6.19. The second kappa shape index (κ2) is 5.62. The molecule has 0 bridgehead atoms. The summed E-state index contributed by atoms with van der Waals surface area (Å²) in [5.74, 6) is -0.676. The van der Waals surface area contributed by atoms with Gasteiger partial charge in [-0.05, 0) is 31.5 Å². The molecular formula is C15H13N2O4-. The second-order valence-corrected chi connectivity index (χ2v) is 4.66. The van der Waals surface area contributed by atoms with Crippen molar-refractivity contribution in [1.82, 2.24) is 0 Å². The summed E-state index contributed by atoms with van der Waals surface area (Å²) in [5.41, 5.74) is 1.48. The van der Waals surface area contributed by atoms with Crippen molar-refractivity contribution in [2.45, 2.75) is 13.8 Å². The van der Waals surface area contributed by atoms with Crippen LogP contribution in [-0.4, -0.2) is 16.2 Å². The number of hydrogen-bond acceptors (Lipinski definition) is 5. The summed E-state index contributed by atoms with van der Waals surface area (Å²) in [6.07, 6.45) is 1.25. The number of nitrogens with zero attached hydrogens (tertiary/aromatic N) is 2. The summed E-state index contributed by atoms with van der Waals surface area (Å²) in [7, 11) is 0. The van der Waals surface area contributed by atoms with Crippen molar-refractivity contribution in [3.8, 4) is 11.5 Å². The molecule has 6 heteroatoms. The van der Waals surface area contributed by atoms with E-state index in [2.05, 4.69) is 4.99 Å². The number of nitro benzene ring substituents is 1. The predicted octanol–water partition coefficient (Wildman–Crippen LogP) is 2.74. The predicted molar refractivity (Wildman–Crippen MR) is 77.4 cm³/mol. The van der Waals surface area contributed by atoms with E-state index in [1.54, 1.807) is 19.1 Å². The zero-order chi connectivity index (χ0) is 15.6. The Labute approximate surface area is 121 Å². The molecule has 0 aliphatic heterocycles.